The van der Waals surface area contributed by atoms with Gasteiger partial charge in [-0.2, -0.15) is 0 Å². The first-order valence-electron chi connectivity index (χ1n) is 10.3. The zero-order valence-corrected chi connectivity index (χ0v) is 20.2. The molecule has 1 aliphatic rings. The first-order chi connectivity index (χ1) is 16.2. The Labute approximate surface area is 205 Å². The van der Waals surface area contributed by atoms with E-state index in [1.54, 1.807) is 49.0 Å². The van der Waals surface area contributed by atoms with Crippen molar-refractivity contribution in [3.8, 4) is 11.4 Å². The van der Waals surface area contributed by atoms with E-state index in [0.717, 1.165) is 11.8 Å². The molecule has 174 valence electrons. The molecule has 1 aliphatic heterocycles. The summed E-state index contributed by atoms with van der Waals surface area (Å²) >= 11 is 6.57. The van der Waals surface area contributed by atoms with E-state index in [-0.39, 0.29) is 15.6 Å². The molecule has 1 N–H and O–H groups in total. The van der Waals surface area contributed by atoms with Gasteiger partial charge in [0.1, 0.15) is 11.4 Å². The van der Waals surface area contributed by atoms with E-state index in [0.29, 0.717) is 27.6 Å². The van der Waals surface area contributed by atoms with Crippen LogP contribution in [0.15, 0.2) is 64.3 Å². The first kappa shape index (κ1) is 23.5. The van der Waals surface area contributed by atoms with Gasteiger partial charge in [0, 0.05) is 7.05 Å². The number of carboxylic acids is 1. The van der Waals surface area contributed by atoms with Crippen LogP contribution >= 0.6 is 24.0 Å². The fourth-order valence-electron chi connectivity index (χ4n) is 3.56. The quantitative estimate of drug-likeness (QED) is 0.411. The highest BCUT2D eigenvalue weighted by molar-refractivity contribution is 8.27. The monoisotopic (exact) mass is 495 g/mol. The predicted octanol–water partition coefficient (Wildman–Crippen LogP) is 3.74. The second kappa shape index (κ2) is 9.32. The van der Waals surface area contributed by atoms with Crippen LogP contribution in [0.2, 0.25) is 0 Å². The van der Waals surface area contributed by atoms with Crippen molar-refractivity contribution in [2.45, 2.75) is 20.0 Å². The predicted molar refractivity (Wildman–Crippen MR) is 136 cm³/mol. The van der Waals surface area contributed by atoms with Crippen LogP contribution in [-0.2, 0) is 16.6 Å². The molecule has 10 heteroatoms. The van der Waals surface area contributed by atoms with Crippen LogP contribution in [0, 0.1) is 6.92 Å². The number of thioether (sulfide) groups is 1. The van der Waals surface area contributed by atoms with Crippen molar-refractivity contribution in [2.75, 3.05) is 4.90 Å². The van der Waals surface area contributed by atoms with Crippen molar-refractivity contribution in [1.29, 1.82) is 0 Å². The molecule has 1 amide bonds. The van der Waals surface area contributed by atoms with Crippen LogP contribution in [0.3, 0.4) is 0 Å². The summed E-state index contributed by atoms with van der Waals surface area (Å²) < 4.78 is 8.86. The summed E-state index contributed by atoms with van der Waals surface area (Å²) in [5, 5.41) is 9.05. The third kappa shape index (κ3) is 4.29. The number of ether oxygens (including phenoxy) is 1. The van der Waals surface area contributed by atoms with E-state index in [1.807, 2.05) is 30.3 Å². The molecule has 8 nitrogen and oxygen atoms in total. The van der Waals surface area contributed by atoms with Gasteiger partial charge in [0.25, 0.3) is 11.5 Å². The highest BCUT2D eigenvalue weighted by atomic mass is 32.2. The Morgan fingerprint density at radius 1 is 1.15 bits per heavy atom. The molecule has 2 aromatic carbocycles. The van der Waals surface area contributed by atoms with Gasteiger partial charge in [0.05, 0.1) is 16.3 Å². The second-order valence-electron chi connectivity index (χ2n) is 7.60. The van der Waals surface area contributed by atoms with Crippen LogP contribution in [0.4, 0.5) is 5.69 Å². The van der Waals surface area contributed by atoms with Crippen molar-refractivity contribution in [2.24, 2.45) is 7.05 Å². The van der Waals surface area contributed by atoms with Crippen molar-refractivity contribution in [3.63, 3.8) is 0 Å². The largest absolute Gasteiger partial charge is 0.479 e. The summed E-state index contributed by atoms with van der Waals surface area (Å²) in [6.45, 7) is 3.20. The zero-order chi connectivity index (χ0) is 24.6. The maximum Gasteiger partial charge on any atom is 0.344 e. The Bertz CT molecular complexity index is 1390. The number of anilines is 1. The topological polar surface area (TPSA) is 93.8 Å². The minimum atomic E-state index is -1.08. The molecule has 0 spiro atoms. The highest BCUT2D eigenvalue weighted by Gasteiger charge is 2.37. The molecule has 0 saturated carbocycles. The minimum absolute atomic E-state index is 0.213. The number of benzene rings is 2. The van der Waals surface area contributed by atoms with Gasteiger partial charge in [-0.05, 0) is 49.8 Å². The Balaban J connectivity index is 1.68. The average molecular weight is 496 g/mol. The lowest BCUT2D eigenvalue weighted by Gasteiger charge is -2.12. The molecule has 1 saturated heterocycles. The zero-order valence-electron chi connectivity index (χ0n) is 18.6. The Kier molecular flexibility index (Phi) is 6.45. The number of nitrogens with zero attached hydrogens (tertiary/aromatic N) is 3. The summed E-state index contributed by atoms with van der Waals surface area (Å²) in [7, 11) is 1.75. The fourth-order valence-corrected chi connectivity index (χ4v) is 4.83. The van der Waals surface area contributed by atoms with Crippen molar-refractivity contribution in [1.82, 2.24) is 9.36 Å². The number of hydrogen-bond acceptors (Lipinski definition) is 6. The minimum Gasteiger partial charge on any atom is -0.479 e. The number of aromatic nitrogens is 2. The third-order valence-electron chi connectivity index (χ3n) is 5.36. The van der Waals surface area contributed by atoms with Crippen LogP contribution in [0.1, 0.15) is 18.2 Å². The number of carboxylic acid groups (broad SMARTS) is 1. The van der Waals surface area contributed by atoms with Gasteiger partial charge in [-0.15, -0.1) is 0 Å². The molecule has 0 radical (unpaired) electrons. The molecule has 0 bridgehead atoms. The van der Waals surface area contributed by atoms with E-state index in [2.05, 4.69) is 0 Å². The molecule has 0 aliphatic carbocycles. The maximum absolute atomic E-state index is 13.4. The maximum atomic E-state index is 13.4. The fraction of sp³-hybridized carbons (Fsp3) is 0.167. The lowest BCUT2D eigenvalue weighted by molar-refractivity contribution is -0.144. The smallest absolute Gasteiger partial charge is 0.344 e. The van der Waals surface area contributed by atoms with Crippen LogP contribution in [0.5, 0.6) is 5.75 Å². The average Bonchev–Trinajstić information content (AvgIpc) is 3.19. The van der Waals surface area contributed by atoms with Crippen molar-refractivity contribution < 1.29 is 19.4 Å². The van der Waals surface area contributed by atoms with Gasteiger partial charge >= 0.3 is 5.97 Å². The number of carbonyl (C=O) groups excluding carboxylic acids is 1. The van der Waals surface area contributed by atoms with Gasteiger partial charge in [0.15, 0.2) is 10.4 Å². The molecule has 1 unspecified atom stereocenters. The third-order valence-corrected chi connectivity index (χ3v) is 6.66. The van der Waals surface area contributed by atoms with Crippen LogP contribution in [-0.4, -0.2) is 36.8 Å². The van der Waals surface area contributed by atoms with E-state index >= 15 is 0 Å². The first-order valence-corrected chi connectivity index (χ1v) is 11.5. The summed E-state index contributed by atoms with van der Waals surface area (Å²) in [5.41, 5.74) is 1.79. The Hall–Kier alpha value is -3.63. The lowest BCUT2D eigenvalue weighted by atomic mass is 10.2. The standard InChI is InChI=1S/C24H21N3O5S2/c1-14-20(22(29)27(25(14)3)17-9-5-4-6-10-17)26-21(28)19(34-24(26)33)13-16-8-7-11-18(12-16)32-15(2)23(30)31/h4-13,15H,1-3H3,(H,30,31)/b19-13+. The summed E-state index contributed by atoms with van der Waals surface area (Å²) in [6, 6.07) is 15.9. The molecule has 1 aromatic heterocycles. The molecular formula is C24H21N3O5S2. The number of hydrogen-bond donors (Lipinski definition) is 1. The summed E-state index contributed by atoms with van der Waals surface area (Å²) in [4.78, 5) is 39.3. The SMILES string of the molecule is Cc1c(N2C(=O)/C(=C\c3cccc(OC(C)C(=O)O)c3)SC2=S)c(=O)n(-c2ccccc2)n1C. The Morgan fingerprint density at radius 3 is 2.53 bits per heavy atom. The molecule has 4 rings (SSSR count). The Morgan fingerprint density at radius 2 is 1.85 bits per heavy atom. The van der Waals surface area contributed by atoms with Crippen molar-refractivity contribution in [3.05, 3.63) is 81.1 Å². The molecular weight excluding hydrogens is 474 g/mol. The van der Waals surface area contributed by atoms with E-state index in [9.17, 15) is 14.4 Å². The highest BCUT2D eigenvalue weighted by Crippen LogP contribution is 2.36. The molecule has 34 heavy (non-hydrogen) atoms. The summed E-state index contributed by atoms with van der Waals surface area (Å²) in [6.07, 6.45) is 0.632. The van der Waals surface area contributed by atoms with Gasteiger partial charge in [-0.25, -0.2) is 9.48 Å². The normalized spacial score (nSPS) is 15.7. The summed E-state index contributed by atoms with van der Waals surface area (Å²) in [5.74, 6) is -1.11. The van der Waals surface area contributed by atoms with Gasteiger partial charge in [-0.1, -0.05) is 54.3 Å². The van der Waals surface area contributed by atoms with E-state index < -0.39 is 18.0 Å². The molecule has 1 atom stereocenters. The number of carbonyl (C=O) groups is 2. The number of thiocarbonyl (C=S) groups is 1. The lowest BCUT2D eigenvalue weighted by Crippen LogP contribution is -2.33. The van der Waals surface area contributed by atoms with E-state index in [4.69, 9.17) is 22.1 Å². The van der Waals surface area contributed by atoms with Crippen LogP contribution in [0.25, 0.3) is 11.8 Å². The van der Waals surface area contributed by atoms with Crippen molar-refractivity contribution >= 4 is 51.9 Å². The number of para-hydroxylation sites is 1. The van der Waals surface area contributed by atoms with Gasteiger partial charge < -0.3 is 9.84 Å². The molecule has 2 heterocycles. The number of rotatable bonds is 6. The van der Waals surface area contributed by atoms with Gasteiger partial charge in [-0.3, -0.25) is 19.2 Å². The number of amides is 1. The molecule has 3 aromatic rings. The number of aliphatic carboxylic acids is 1. The van der Waals surface area contributed by atoms with Gasteiger partial charge in [0.2, 0.25) is 0 Å². The van der Waals surface area contributed by atoms with E-state index in [1.165, 1.54) is 16.5 Å². The van der Waals surface area contributed by atoms with Crippen LogP contribution < -0.4 is 15.2 Å². The molecule has 1 fully saturated rings. The second-order valence-corrected chi connectivity index (χ2v) is 9.27.